The fraction of sp³-hybridized carbons (Fsp3) is 0.118. The van der Waals surface area contributed by atoms with Crippen molar-refractivity contribution in [3.8, 4) is 23.1 Å². The second kappa shape index (κ2) is 6.52. The van der Waals surface area contributed by atoms with Crippen molar-refractivity contribution < 1.29 is 13.8 Å². The van der Waals surface area contributed by atoms with Crippen LogP contribution in [-0.2, 0) is 6.42 Å². The zero-order chi connectivity index (χ0) is 17.1. The molecule has 4 aromatic rings. The van der Waals surface area contributed by atoms with E-state index in [0.717, 1.165) is 0 Å². The molecule has 0 spiro atoms. The third-order valence-electron chi connectivity index (χ3n) is 3.30. The second-order valence-corrected chi connectivity index (χ2v) is 5.19. The summed E-state index contributed by atoms with van der Waals surface area (Å²) in [5.41, 5.74) is 0.467. The van der Waals surface area contributed by atoms with Crippen molar-refractivity contribution in [2.45, 2.75) is 13.3 Å². The van der Waals surface area contributed by atoms with Crippen molar-refractivity contribution in [3.63, 3.8) is 0 Å². The monoisotopic (exact) mass is 335 g/mol. The Labute approximate surface area is 142 Å². The molecular formula is C17H13N5O3. The molecular weight excluding hydrogens is 322 g/mol. The molecule has 0 fully saturated rings. The zero-order valence-electron chi connectivity index (χ0n) is 13.3. The number of hydrogen-bond acceptors (Lipinski definition) is 8. The van der Waals surface area contributed by atoms with Crippen molar-refractivity contribution in [1.29, 1.82) is 0 Å². The van der Waals surface area contributed by atoms with E-state index in [1.54, 1.807) is 25.3 Å². The van der Waals surface area contributed by atoms with Gasteiger partial charge in [-0.2, -0.15) is 9.97 Å². The largest absolute Gasteiger partial charge is 0.455 e. The molecule has 25 heavy (non-hydrogen) atoms. The van der Waals surface area contributed by atoms with Gasteiger partial charge in [0.2, 0.25) is 5.89 Å². The smallest absolute Gasteiger partial charge is 0.280 e. The van der Waals surface area contributed by atoms with Gasteiger partial charge < -0.3 is 13.8 Å². The molecule has 0 aliphatic carbocycles. The van der Waals surface area contributed by atoms with Gasteiger partial charge in [-0.3, -0.25) is 0 Å². The molecule has 0 aliphatic rings. The number of ether oxygens (including phenoxy) is 1. The van der Waals surface area contributed by atoms with E-state index in [9.17, 15) is 0 Å². The second-order valence-electron chi connectivity index (χ2n) is 5.19. The summed E-state index contributed by atoms with van der Waals surface area (Å²) < 4.78 is 16.1. The van der Waals surface area contributed by atoms with Crippen LogP contribution in [0.1, 0.15) is 17.5 Å². The molecule has 3 aromatic heterocycles. The van der Waals surface area contributed by atoms with E-state index in [2.05, 4.69) is 25.3 Å². The van der Waals surface area contributed by atoms with Crippen molar-refractivity contribution >= 4 is 0 Å². The van der Waals surface area contributed by atoms with Crippen molar-refractivity contribution in [1.82, 2.24) is 25.3 Å². The first-order valence-electron chi connectivity index (χ1n) is 7.58. The fourth-order valence-corrected chi connectivity index (χ4v) is 2.23. The topological polar surface area (TPSA) is 100.0 Å². The zero-order valence-corrected chi connectivity index (χ0v) is 13.3. The predicted octanol–water partition coefficient (Wildman–Crippen LogP) is 3.21. The molecule has 0 saturated heterocycles. The van der Waals surface area contributed by atoms with Crippen LogP contribution in [0.5, 0.6) is 11.5 Å². The van der Waals surface area contributed by atoms with E-state index in [1.807, 2.05) is 30.3 Å². The average Bonchev–Trinajstić information content (AvgIpc) is 3.26. The molecule has 4 rings (SSSR count). The van der Waals surface area contributed by atoms with Gasteiger partial charge in [0.05, 0.1) is 6.42 Å². The number of benzene rings is 1. The molecule has 0 amide bonds. The SMILES string of the molecule is Cc1nc(Cc2noc(-c3ncccc3Oc3ccccc3)n2)no1. The number of para-hydroxylation sites is 1. The number of aryl methyl sites for hydroxylation is 1. The van der Waals surface area contributed by atoms with Crippen LogP contribution in [0.4, 0.5) is 0 Å². The van der Waals surface area contributed by atoms with Crippen LogP contribution >= 0.6 is 0 Å². The number of aromatic nitrogens is 5. The van der Waals surface area contributed by atoms with Crippen LogP contribution in [0, 0.1) is 6.92 Å². The van der Waals surface area contributed by atoms with Crippen molar-refractivity contribution in [2.24, 2.45) is 0 Å². The fourth-order valence-electron chi connectivity index (χ4n) is 2.23. The molecule has 0 bridgehead atoms. The van der Waals surface area contributed by atoms with Gasteiger partial charge in [0.15, 0.2) is 23.1 Å². The van der Waals surface area contributed by atoms with Gasteiger partial charge in [-0.15, -0.1) is 0 Å². The van der Waals surface area contributed by atoms with Crippen LogP contribution in [0.25, 0.3) is 11.6 Å². The first-order chi connectivity index (χ1) is 12.3. The Morgan fingerprint density at radius 1 is 0.920 bits per heavy atom. The highest BCUT2D eigenvalue weighted by Crippen LogP contribution is 2.30. The lowest BCUT2D eigenvalue weighted by Crippen LogP contribution is -1.94. The lowest BCUT2D eigenvalue weighted by Gasteiger charge is -2.07. The van der Waals surface area contributed by atoms with Gasteiger partial charge in [0.25, 0.3) is 5.89 Å². The van der Waals surface area contributed by atoms with Crippen LogP contribution in [0.2, 0.25) is 0 Å². The van der Waals surface area contributed by atoms with Gasteiger partial charge >= 0.3 is 0 Å². The van der Waals surface area contributed by atoms with Gasteiger partial charge in [-0.05, 0) is 24.3 Å². The third-order valence-corrected chi connectivity index (χ3v) is 3.30. The maximum absolute atomic E-state index is 5.86. The van der Waals surface area contributed by atoms with E-state index in [4.69, 9.17) is 13.8 Å². The van der Waals surface area contributed by atoms with Crippen LogP contribution in [0.15, 0.2) is 57.7 Å². The Morgan fingerprint density at radius 2 is 1.72 bits per heavy atom. The summed E-state index contributed by atoms with van der Waals surface area (Å²) in [5, 5.41) is 7.76. The molecule has 8 nitrogen and oxygen atoms in total. The average molecular weight is 335 g/mol. The molecule has 1 aromatic carbocycles. The Morgan fingerprint density at radius 3 is 2.52 bits per heavy atom. The van der Waals surface area contributed by atoms with Crippen molar-refractivity contribution in [2.75, 3.05) is 0 Å². The summed E-state index contributed by atoms with van der Waals surface area (Å²) in [6, 6.07) is 13.0. The van der Waals surface area contributed by atoms with E-state index in [1.165, 1.54) is 0 Å². The molecule has 0 N–H and O–H groups in total. The number of pyridine rings is 1. The maximum atomic E-state index is 5.86. The minimum atomic E-state index is 0.266. The summed E-state index contributed by atoms with van der Waals surface area (Å²) in [7, 11) is 0. The molecule has 124 valence electrons. The molecule has 0 radical (unpaired) electrons. The van der Waals surface area contributed by atoms with E-state index >= 15 is 0 Å². The standard InChI is InChI=1S/C17H13N5O3/c1-11-19-14(21-24-11)10-15-20-17(25-22-15)16-13(8-5-9-18-16)23-12-6-3-2-4-7-12/h2-9H,10H2,1H3. The highest BCUT2D eigenvalue weighted by Gasteiger charge is 2.17. The predicted molar refractivity (Wildman–Crippen MR) is 85.9 cm³/mol. The summed E-state index contributed by atoms with van der Waals surface area (Å²) in [6.07, 6.45) is 1.95. The summed E-state index contributed by atoms with van der Waals surface area (Å²) >= 11 is 0. The number of nitrogens with zero attached hydrogens (tertiary/aromatic N) is 5. The van der Waals surface area contributed by atoms with Crippen LogP contribution < -0.4 is 4.74 Å². The summed E-state index contributed by atoms with van der Waals surface area (Å²) in [4.78, 5) is 12.8. The van der Waals surface area contributed by atoms with Gasteiger partial charge in [-0.25, -0.2) is 4.98 Å². The lowest BCUT2D eigenvalue weighted by atomic mass is 10.3. The quantitative estimate of drug-likeness (QED) is 0.548. The normalized spacial score (nSPS) is 10.8. The maximum Gasteiger partial charge on any atom is 0.280 e. The highest BCUT2D eigenvalue weighted by atomic mass is 16.5. The first-order valence-corrected chi connectivity index (χ1v) is 7.58. The molecule has 0 aliphatic heterocycles. The number of rotatable bonds is 5. The molecule has 0 saturated carbocycles. The minimum Gasteiger partial charge on any atom is -0.455 e. The van der Waals surface area contributed by atoms with Crippen molar-refractivity contribution in [3.05, 3.63) is 66.2 Å². The first kappa shape index (κ1) is 15.0. The number of hydrogen-bond donors (Lipinski definition) is 0. The summed E-state index contributed by atoms with van der Waals surface area (Å²) in [5.74, 6) is 2.90. The highest BCUT2D eigenvalue weighted by molar-refractivity contribution is 5.57. The van der Waals surface area contributed by atoms with Gasteiger partial charge in [0, 0.05) is 13.1 Å². The molecule has 8 heteroatoms. The lowest BCUT2D eigenvalue weighted by molar-refractivity contribution is 0.387. The van der Waals surface area contributed by atoms with Crippen LogP contribution in [-0.4, -0.2) is 25.3 Å². The Bertz CT molecular complexity index is 981. The Balaban J connectivity index is 1.60. The Hall–Kier alpha value is -3.55. The minimum absolute atomic E-state index is 0.266. The molecule has 0 unspecified atom stereocenters. The molecule has 0 atom stereocenters. The van der Waals surface area contributed by atoms with Crippen LogP contribution in [0.3, 0.4) is 0 Å². The molecule has 3 heterocycles. The van der Waals surface area contributed by atoms with E-state index < -0.39 is 0 Å². The summed E-state index contributed by atoms with van der Waals surface area (Å²) in [6.45, 7) is 1.72. The van der Waals surface area contributed by atoms with E-state index in [0.29, 0.717) is 41.2 Å². The van der Waals surface area contributed by atoms with E-state index in [-0.39, 0.29) is 5.89 Å². The van der Waals surface area contributed by atoms with Gasteiger partial charge in [-0.1, -0.05) is 28.5 Å². The van der Waals surface area contributed by atoms with Gasteiger partial charge in [0.1, 0.15) is 5.75 Å². The third kappa shape index (κ3) is 3.37. The Kier molecular flexibility index (Phi) is 3.91.